The number of esters is 1. The van der Waals surface area contributed by atoms with Crippen LogP contribution in [0.3, 0.4) is 0 Å². The Labute approximate surface area is 106 Å². The number of benzene rings is 1. The van der Waals surface area contributed by atoms with Crippen LogP contribution in [0, 0.1) is 6.92 Å². The van der Waals surface area contributed by atoms with Crippen LogP contribution in [0.4, 0.5) is 8.78 Å². The molecule has 0 unspecified atom stereocenters. The molecule has 1 aromatic carbocycles. The molecule has 0 saturated heterocycles. The summed E-state index contributed by atoms with van der Waals surface area (Å²) in [5.74, 6) is -1.77. The molecule has 0 heterocycles. The number of rotatable bonds is 4. The highest BCUT2D eigenvalue weighted by Gasteiger charge is 2.44. The van der Waals surface area contributed by atoms with Crippen LogP contribution in [0.2, 0.25) is 0 Å². The van der Waals surface area contributed by atoms with Crippen molar-refractivity contribution in [2.45, 2.75) is 20.0 Å². The second kappa shape index (κ2) is 5.44. The summed E-state index contributed by atoms with van der Waals surface area (Å²) in [7, 11) is 0. The first-order valence-electron chi connectivity index (χ1n) is 4.87. The van der Waals surface area contributed by atoms with E-state index in [9.17, 15) is 13.6 Å². The van der Waals surface area contributed by atoms with Crippen molar-refractivity contribution >= 4 is 21.9 Å². The van der Waals surface area contributed by atoms with E-state index in [1.165, 1.54) is 13.0 Å². The first-order chi connectivity index (χ1) is 7.86. The van der Waals surface area contributed by atoms with Crippen molar-refractivity contribution in [1.29, 1.82) is 0 Å². The number of hydrogen-bond acceptors (Lipinski definition) is 3. The van der Waals surface area contributed by atoms with E-state index in [0.29, 0.717) is 10.0 Å². The molecule has 0 aliphatic carbocycles. The predicted molar refractivity (Wildman–Crippen MR) is 61.1 cm³/mol. The van der Waals surface area contributed by atoms with Crippen LogP contribution in [0.25, 0.3) is 0 Å². The highest BCUT2D eigenvalue weighted by molar-refractivity contribution is 9.10. The topological polar surface area (TPSA) is 35.5 Å². The molecule has 1 aromatic rings. The maximum absolute atomic E-state index is 13.3. The van der Waals surface area contributed by atoms with Crippen molar-refractivity contribution in [3.05, 3.63) is 28.2 Å². The van der Waals surface area contributed by atoms with Gasteiger partial charge in [0.05, 0.1) is 6.61 Å². The fourth-order valence-electron chi connectivity index (χ4n) is 1.08. The largest absolute Gasteiger partial charge is 0.502 e. The Kier molecular flexibility index (Phi) is 4.45. The molecule has 0 atom stereocenters. The lowest BCUT2D eigenvalue weighted by atomic mass is 10.2. The van der Waals surface area contributed by atoms with Crippen molar-refractivity contribution in [1.82, 2.24) is 0 Å². The van der Waals surface area contributed by atoms with E-state index in [1.54, 1.807) is 19.1 Å². The molecule has 0 radical (unpaired) electrons. The zero-order valence-corrected chi connectivity index (χ0v) is 10.9. The molecule has 0 N–H and O–H groups in total. The van der Waals surface area contributed by atoms with E-state index >= 15 is 0 Å². The Morgan fingerprint density at radius 2 is 2.12 bits per heavy atom. The molecule has 0 bridgehead atoms. The number of carbonyl (C=O) groups excluding carboxylic acids is 1. The number of carbonyl (C=O) groups is 1. The van der Waals surface area contributed by atoms with Gasteiger partial charge < -0.3 is 9.47 Å². The Morgan fingerprint density at radius 3 is 2.71 bits per heavy atom. The maximum Gasteiger partial charge on any atom is 0.502 e. The van der Waals surface area contributed by atoms with Crippen LogP contribution in [0.1, 0.15) is 12.5 Å². The summed E-state index contributed by atoms with van der Waals surface area (Å²) < 4.78 is 35.8. The number of ether oxygens (including phenoxy) is 2. The van der Waals surface area contributed by atoms with Crippen LogP contribution in [0.15, 0.2) is 22.7 Å². The summed E-state index contributed by atoms with van der Waals surface area (Å²) in [6, 6.07) is 4.65. The van der Waals surface area contributed by atoms with Gasteiger partial charge in [-0.1, -0.05) is 22.0 Å². The lowest BCUT2D eigenvalue weighted by molar-refractivity contribution is -0.216. The molecule has 3 nitrogen and oxygen atoms in total. The lowest BCUT2D eigenvalue weighted by Crippen LogP contribution is -2.37. The zero-order valence-electron chi connectivity index (χ0n) is 9.30. The molecule has 0 aliphatic heterocycles. The highest BCUT2D eigenvalue weighted by Crippen LogP contribution is 2.28. The standard InChI is InChI=1S/C11H11BrF2O3/c1-3-16-10(15)11(13,14)17-9-6-8(12)5-4-7(9)2/h4-6H,3H2,1-2H3. The van der Waals surface area contributed by atoms with E-state index in [1.807, 2.05) is 0 Å². The minimum absolute atomic E-state index is 0.0718. The smallest absolute Gasteiger partial charge is 0.459 e. The van der Waals surface area contributed by atoms with Gasteiger partial charge in [0.15, 0.2) is 0 Å². The summed E-state index contributed by atoms with van der Waals surface area (Å²) in [6.45, 7) is 2.91. The second-order valence-corrected chi connectivity index (χ2v) is 4.16. The van der Waals surface area contributed by atoms with Gasteiger partial charge in [-0.2, -0.15) is 8.78 Å². The molecule has 17 heavy (non-hydrogen) atoms. The SMILES string of the molecule is CCOC(=O)C(F)(F)Oc1cc(Br)ccc1C. The number of halogens is 3. The van der Waals surface area contributed by atoms with Gasteiger partial charge in [-0.05, 0) is 31.5 Å². The van der Waals surface area contributed by atoms with E-state index in [4.69, 9.17) is 0 Å². The van der Waals surface area contributed by atoms with Gasteiger partial charge in [0.25, 0.3) is 0 Å². The molecule has 0 fully saturated rings. The van der Waals surface area contributed by atoms with E-state index in [0.717, 1.165) is 0 Å². The normalized spacial score (nSPS) is 11.1. The van der Waals surface area contributed by atoms with E-state index in [2.05, 4.69) is 25.4 Å². The van der Waals surface area contributed by atoms with Crippen molar-refractivity contribution in [3.8, 4) is 5.75 Å². The molecular weight excluding hydrogens is 298 g/mol. The second-order valence-electron chi connectivity index (χ2n) is 3.25. The summed E-state index contributed by atoms with van der Waals surface area (Å²) in [4.78, 5) is 11.0. The monoisotopic (exact) mass is 308 g/mol. The molecule has 0 aromatic heterocycles. The fraction of sp³-hybridized carbons (Fsp3) is 0.364. The predicted octanol–water partition coefficient (Wildman–Crippen LogP) is 3.29. The van der Waals surface area contributed by atoms with Gasteiger partial charge in [0.2, 0.25) is 0 Å². The van der Waals surface area contributed by atoms with Crippen molar-refractivity contribution < 1.29 is 23.0 Å². The molecule has 0 saturated carbocycles. The summed E-state index contributed by atoms with van der Waals surface area (Å²) in [5.41, 5.74) is 0.497. The number of aryl methyl sites for hydroxylation is 1. The van der Waals surface area contributed by atoms with Crippen LogP contribution in [-0.4, -0.2) is 18.7 Å². The number of hydrogen-bond donors (Lipinski definition) is 0. The van der Waals surface area contributed by atoms with Crippen molar-refractivity contribution in [2.24, 2.45) is 0 Å². The van der Waals surface area contributed by atoms with Gasteiger partial charge >= 0.3 is 12.1 Å². The molecule has 6 heteroatoms. The first kappa shape index (κ1) is 13.9. The Morgan fingerprint density at radius 1 is 1.47 bits per heavy atom. The van der Waals surface area contributed by atoms with Gasteiger partial charge in [-0.25, -0.2) is 4.79 Å². The van der Waals surface area contributed by atoms with E-state index in [-0.39, 0.29) is 12.4 Å². The van der Waals surface area contributed by atoms with Gasteiger partial charge in [0, 0.05) is 4.47 Å². The maximum atomic E-state index is 13.3. The number of alkyl halides is 2. The third kappa shape index (κ3) is 3.66. The van der Waals surface area contributed by atoms with Crippen LogP contribution in [0.5, 0.6) is 5.75 Å². The van der Waals surface area contributed by atoms with Crippen molar-refractivity contribution in [3.63, 3.8) is 0 Å². The van der Waals surface area contributed by atoms with Gasteiger partial charge in [-0.3, -0.25) is 0 Å². The molecule has 94 valence electrons. The van der Waals surface area contributed by atoms with Crippen LogP contribution < -0.4 is 4.74 Å². The average molecular weight is 309 g/mol. The lowest BCUT2D eigenvalue weighted by Gasteiger charge is -2.17. The van der Waals surface area contributed by atoms with Crippen molar-refractivity contribution in [2.75, 3.05) is 6.61 Å². The Hall–Kier alpha value is -1.17. The fourth-order valence-corrected chi connectivity index (χ4v) is 1.42. The molecule has 0 amide bonds. The minimum atomic E-state index is -3.98. The molecule has 0 aliphatic rings. The van der Waals surface area contributed by atoms with Crippen LogP contribution >= 0.6 is 15.9 Å². The third-order valence-corrected chi connectivity index (χ3v) is 2.39. The third-order valence-electron chi connectivity index (χ3n) is 1.90. The summed E-state index contributed by atoms with van der Waals surface area (Å²) in [6.07, 6.45) is -3.98. The highest BCUT2D eigenvalue weighted by atomic mass is 79.9. The quantitative estimate of drug-likeness (QED) is 0.801. The first-order valence-corrected chi connectivity index (χ1v) is 5.66. The minimum Gasteiger partial charge on any atom is -0.459 e. The zero-order chi connectivity index (χ0) is 13.1. The van der Waals surface area contributed by atoms with Gasteiger partial charge in [0.1, 0.15) is 5.75 Å². The average Bonchev–Trinajstić information content (AvgIpc) is 2.23. The molecule has 0 spiro atoms. The Balaban J connectivity index is 2.89. The van der Waals surface area contributed by atoms with E-state index < -0.39 is 12.1 Å². The Bertz CT molecular complexity index is 421. The van der Waals surface area contributed by atoms with Gasteiger partial charge in [-0.15, -0.1) is 0 Å². The molecule has 1 rings (SSSR count). The van der Waals surface area contributed by atoms with Crippen LogP contribution in [-0.2, 0) is 9.53 Å². The summed E-state index contributed by atoms with van der Waals surface area (Å²) >= 11 is 3.13. The molecular formula is C11H11BrF2O3. The summed E-state index contributed by atoms with van der Waals surface area (Å²) in [5, 5.41) is 0.